The van der Waals surface area contributed by atoms with Gasteiger partial charge in [-0.25, -0.2) is 0 Å². The van der Waals surface area contributed by atoms with Crippen LogP contribution in [-0.4, -0.2) is 53.3 Å². The number of carbonyl (C=O) groups is 4. The predicted molar refractivity (Wildman–Crippen MR) is 129 cm³/mol. The third-order valence-electron chi connectivity index (χ3n) is 6.91. The van der Waals surface area contributed by atoms with Crippen molar-refractivity contribution in [1.29, 1.82) is 0 Å². The summed E-state index contributed by atoms with van der Waals surface area (Å²) in [6.07, 6.45) is -0.189. The Balaban J connectivity index is 1.48. The van der Waals surface area contributed by atoms with Crippen molar-refractivity contribution in [2.75, 3.05) is 13.7 Å². The third-order valence-corrected chi connectivity index (χ3v) is 6.91. The van der Waals surface area contributed by atoms with Crippen LogP contribution in [0.5, 0.6) is 5.75 Å². The Hall–Kier alpha value is -3.98. The van der Waals surface area contributed by atoms with Gasteiger partial charge in [0.1, 0.15) is 22.5 Å². The van der Waals surface area contributed by atoms with Crippen LogP contribution in [-0.2, 0) is 21.5 Å². The molecule has 5 rings (SSSR count). The first-order valence-corrected chi connectivity index (χ1v) is 11.8. The van der Waals surface area contributed by atoms with Crippen LogP contribution in [0.25, 0.3) is 11.0 Å². The van der Waals surface area contributed by atoms with E-state index in [1.54, 1.807) is 48.2 Å². The van der Waals surface area contributed by atoms with Gasteiger partial charge in [-0.3, -0.25) is 24.5 Å². The van der Waals surface area contributed by atoms with Crippen LogP contribution in [0.4, 0.5) is 0 Å². The summed E-state index contributed by atoms with van der Waals surface area (Å²) in [7, 11) is 1.52. The molecular weight excluding hydrogens is 464 g/mol. The van der Waals surface area contributed by atoms with Crippen LogP contribution in [0.1, 0.15) is 58.2 Å². The monoisotopic (exact) mass is 490 g/mol. The van der Waals surface area contributed by atoms with Crippen molar-refractivity contribution < 1.29 is 33.4 Å². The minimum Gasteiger partial charge on any atom is -0.497 e. The van der Waals surface area contributed by atoms with Gasteiger partial charge in [0.05, 0.1) is 19.6 Å². The highest BCUT2D eigenvalue weighted by molar-refractivity contribution is 6.10. The summed E-state index contributed by atoms with van der Waals surface area (Å²) in [5, 5.41) is 12.5. The maximum Gasteiger partial charge on any atom is 0.254 e. The molecule has 9 heteroatoms. The van der Waals surface area contributed by atoms with Crippen LogP contribution >= 0.6 is 0 Å². The number of Topliss-reactive ketones (excluding diaryl/α,β-unsaturated/α-hetero) is 1. The zero-order chi connectivity index (χ0) is 25.6. The van der Waals surface area contributed by atoms with Gasteiger partial charge in [-0.15, -0.1) is 0 Å². The molecule has 1 saturated heterocycles. The normalized spacial score (nSPS) is 20.1. The van der Waals surface area contributed by atoms with Gasteiger partial charge in [0, 0.05) is 36.0 Å². The number of benzene rings is 2. The Morgan fingerprint density at radius 2 is 2.00 bits per heavy atom. The highest BCUT2D eigenvalue weighted by Crippen LogP contribution is 2.39. The topological polar surface area (TPSA) is 126 Å². The number of nitrogens with one attached hydrogen (secondary N) is 1. The van der Waals surface area contributed by atoms with Crippen LogP contribution < -0.4 is 10.1 Å². The molecule has 3 aromatic rings. The molecule has 2 N–H and O–H groups in total. The van der Waals surface area contributed by atoms with E-state index in [9.17, 15) is 24.3 Å². The fourth-order valence-corrected chi connectivity index (χ4v) is 4.90. The first-order chi connectivity index (χ1) is 17.2. The minimum absolute atomic E-state index is 0.0413. The average molecular weight is 491 g/mol. The van der Waals surface area contributed by atoms with Crippen molar-refractivity contribution in [1.82, 2.24) is 10.2 Å². The van der Waals surface area contributed by atoms with E-state index in [1.165, 1.54) is 7.11 Å². The van der Waals surface area contributed by atoms with E-state index < -0.39 is 23.3 Å². The number of ketones is 1. The second kappa shape index (κ2) is 8.91. The first-order valence-electron chi connectivity index (χ1n) is 11.8. The number of hydrogen-bond acceptors (Lipinski definition) is 7. The summed E-state index contributed by atoms with van der Waals surface area (Å²) < 4.78 is 11.3. The molecule has 0 spiro atoms. The number of furan rings is 1. The Labute approximate surface area is 207 Å². The number of methoxy groups -OCH3 is 1. The van der Waals surface area contributed by atoms with Gasteiger partial charge in [-0.05, 0) is 43.2 Å². The molecule has 0 saturated carbocycles. The standard InChI is InChI=1S/C27H26N2O7/c1-15(30)3-8-21(31)16-4-5-17-10-23(36-22(17)9-16)27(12-24(32)28-26(27)34)14-29-13-18-6-7-19(35-2)11-20(18)25(29)33/h4-7,9-11,15,30H,3,8,12-14H2,1-2H3,(H,28,32,34)/t15-,27+/m0/s1. The van der Waals surface area contributed by atoms with Crippen LogP contribution in [0.3, 0.4) is 0 Å². The summed E-state index contributed by atoms with van der Waals surface area (Å²) in [4.78, 5) is 52.7. The van der Waals surface area contributed by atoms with E-state index in [4.69, 9.17) is 9.15 Å². The number of aliphatic hydroxyl groups is 1. The molecule has 36 heavy (non-hydrogen) atoms. The third kappa shape index (κ3) is 4.05. The molecule has 9 nitrogen and oxygen atoms in total. The number of fused-ring (bicyclic) bond motifs is 2. The molecule has 2 aliphatic heterocycles. The Morgan fingerprint density at radius 3 is 2.69 bits per heavy atom. The highest BCUT2D eigenvalue weighted by Gasteiger charge is 2.53. The molecule has 0 aliphatic carbocycles. The predicted octanol–water partition coefficient (Wildman–Crippen LogP) is 2.73. The first kappa shape index (κ1) is 23.7. The van der Waals surface area contributed by atoms with E-state index in [1.807, 2.05) is 6.07 Å². The lowest BCUT2D eigenvalue weighted by molar-refractivity contribution is -0.127. The van der Waals surface area contributed by atoms with Crippen LogP contribution in [0, 0.1) is 0 Å². The van der Waals surface area contributed by atoms with Crippen molar-refractivity contribution in [3.8, 4) is 5.75 Å². The van der Waals surface area contributed by atoms with Crippen molar-refractivity contribution in [2.45, 2.75) is 44.2 Å². The number of imide groups is 1. The fraction of sp³-hybridized carbons (Fsp3) is 0.333. The quantitative estimate of drug-likeness (QED) is 0.367. The summed E-state index contributed by atoms with van der Waals surface area (Å²) in [5.74, 6) is -0.534. The van der Waals surface area contributed by atoms with Gasteiger partial charge in [0.15, 0.2) is 5.78 Å². The lowest BCUT2D eigenvalue weighted by Gasteiger charge is -2.28. The van der Waals surface area contributed by atoms with E-state index in [0.717, 1.165) is 5.56 Å². The number of amides is 3. The van der Waals surface area contributed by atoms with Crippen molar-refractivity contribution in [3.63, 3.8) is 0 Å². The van der Waals surface area contributed by atoms with Crippen molar-refractivity contribution in [2.24, 2.45) is 0 Å². The maximum atomic E-state index is 13.2. The van der Waals surface area contributed by atoms with Gasteiger partial charge in [-0.1, -0.05) is 18.2 Å². The molecule has 1 fully saturated rings. The number of carbonyl (C=O) groups excluding carboxylic acids is 4. The second-order valence-corrected chi connectivity index (χ2v) is 9.49. The number of aliphatic hydroxyl groups excluding tert-OH is 1. The number of hydrogen-bond donors (Lipinski definition) is 2. The molecule has 0 unspecified atom stereocenters. The molecule has 2 aliphatic rings. The summed E-state index contributed by atoms with van der Waals surface area (Å²) >= 11 is 0. The summed E-state index contributed by atoms with van der Waals surface area (Å²) in [6, 6.07) is 12.0. The molecule has 3 amide bonds. The van der Waals surface area contributed by atoms with E-state index in [0.29, 0.717) is 40.8 Å². The van der Waals surface area contributed by atoms with Crippen molar-refractivity contribution in [3.05, 3.63) is 64.9 Å². The number of nitrogens with zero attached hydrogens (tertiary/aromatic N) is 1. The zero-order valence-electron chi connectivity index (χ0n) is 20.0. The minimum atomic E-state index is -1.39. The van der Waals surface area contributed by atoms with Gasteiger partial charge in [0.25, 0.3) is 5.91 Å². The lowest BCUT2D eigenvalue weighted by Crippen LogP contribution is -2.46. The van der Waals surface area contributed by atoms with Gasteiger partial charge in [0.2, 0.25) is 11.8 Å². The van der Waals surface area contributed by atoms with Crippen LogP contribution in [0.2, 0.25) is 0 Å². The fourth-order valence-electron chi connectivity index (χ4n) is 4.90. The van der Waals surface area contributed by atoms with Gasteiger partial charge in [-0.2, -0.15) is 0 Å². The zero-order valence-corrected chi connectivity index (χ0v) is 20.0. The van der Waals surface area contributed by atoms with E-state index in [2.05, 4.69) is 5.32 Å². The van der Waals surface area contributed by atoms with Crippen LogP contribution in [0.15, 0.2) is 46.9 Å². The smallest absolute Gasteiger partial charge is 0.254 e. The molecular formula is C27H26N2O7. The van der Waals surface area contributed by atoms with Gasteiger partial charge < -0.3 is 19.2 Å². The Morgan fingerprint density at radius 1 is 1.19 bits per heavy atom. The lowest BCUT2D eigenvalue weighted by atomic mass is 9.82. The summed E-state index contributed by atoms with van der Waals surface area (Å²) in [5.41, 5.74) is 0.753. The SMILES string of the molecule is COc1ccc2c(c1)C(=O)N(C[C@@]1(c3cc4ccc(C(=O)CC[C@H](C)O)cc4o3)CC(=O)NC1=O)C2. The summed E-state index contributed by atoms with van der Waals surface area (Å²) in [6.45, 7) is 1.88. The van der Waals surface area contributed by atoms with E-state index >= 15 is 0 Å². The highest BCUT2D eigenvalue weighted by atomic mass is 16.5. The van der Waals surface area contributed by atoms with E-state index in [-0.39, 0.29) is 36.8 Å². The number of rotatable bonds is 8. The largest absolute Gasteiger partial charge is 0.497 e. The molecule has 0 bridgehead atoms. The molecule has 186 valence electrons. The van der Waals surface area contributed by atoms with Gasteiger partial charge >= 0.3 is 0 Å². The second-order valence-electron chi connectivity index (χ2n) is 9.49. The molecule has 2 atom stereocenters. The molecule has 1 aromatic heterocycles. The molecule has 0 radical (unpaired) electrons. The van der Waals surface area contributed by atoms with Crippen molar-refractivity contribution >= 4 is 34.5 Å². The maximum absolute atomic E-state index is 13.2. The average Bonchev–Trinajstić information content (AvgIpc) is 3.50. The molecule has 3 heterocycles. The Kier molecular flexibility index (Phi) is 5.88. The Bertz CT molecular complexity index is 1410. The molecule has 2 aromatic carbocycles. The number of ether oxygens (including phenoxy) is 1.